The van der Waals surface area contributed by atoms with Gasteiger partial charge in [-0.15, -0.1) is 0 Å². The van der Waals surface area contributed by atoms with Crippen molar-refractivity contribution < 1.29 is 57.7 Å². The van der Waals surface area contributed by atoms with Gasteiger partial charge in [0.15, 0.2) is 0 Å². The van der Waals surface area contributed by atoms with Crippen molar-refractivity contribution in [3.05, 3.63) is 49.5 Å². The Morgan fingerprint density at radius 3 is 2.08 bits per heavy atom. The van der Waals surface area contributed by atoms with Gasteiger partial charge in [0.2, 0.25) is 0 Å². The molecule has 0 saturated heterocycles. The Labute approximate surface area is 193 Å². The Hall–Kier alpha value is 0.501. The Morgan fingerprint density at radius 1 is 1.00 bits per heavy atom. The molecule has 0 N–H and O–H groups in total. The molecule has 0 aliphatic heterocycles. The van der Waals surface area contributed by atoms with Gasteiger partial charge in [0.05, 0.1) is 0 Å². The molecule has 1 aromatic rings. The molecule has 0 radical (unpaired) electrons. The SMILES string of the molecule is CCCCCC1=C(C(C)C)[C]([Ti+3])=C([SiH2]c2cc(C)cc(C)c2)C1.[Cl-].[Cl-].[Cl-]. The minimum absolute atomic E-state index is 0. The van der Waals surface area contributed by atoms with E-state index in [9.17, 15) is 0 Å². The van der Waals surface area contributed by atoms with Gasteiger partial charge in [-0.2, -0.15) is 0 Å². The number of halogens is 3. The van der Waals surface area contributed by atoms with Gasteiger partial charge in [-0.1, -0.05) is 0 Å². The zero-order valence-electron chi connectivity index (χ0n) is 16.7. The van der Waals surface area contributed by atoms with Crippen molar-refractivity contribution >= 4 is 14.7 Å². The van der Waals surface area contributed by atoms with E-state index < -0.39 is 0 Å². The first-order chi connectivity index (χ1) is 10.9. The Bertz CT molecular complexity index is 616. The molecule has 0 heterocycles. The summed E-state index contributed by atoms with van der Waals surface area (Å²) in [6, 6.07) is 7.13. The van der Waals surface area contributed by atoms with Crippen LogP contribution in [-0.4, -0.2) is 9.52 Å². The molecule has 26 heavy (non-hydrogen) atoms. The summed E-state index contributed by atoms with van der Waals surface area (Å²) in [6.45, 7) is 11.5. The molecule has 0 bridgehead atoms. The van der Waals surface area contributed by atoms with Crippen LogP contribution in [0.15, 0.2) is 38.4 Å². The molecule has 0 spiro atoms. The van der Waals surface area contributed by atoms with Gasteiger partial charge in [0.25, 0.3) is 0 Å². The average Bonchev–Trinajstić information content (AvgIpc) is 2.74. The normalized spacial score (nSPS) is 14.0. The van der Waals surface area contributed by atoms with Crippen molar-refractivity contribution in [3.63, 3.8) is 0 Å². The van der Waals surface area contributed by atoms with Crippen LogP contribution in [0.1, 0.15) is 64.0 Å². The van der Waals surface area contributed by atoms with Crippen LogP contribution in [0, 0.1) is 19.8 Å². The second-order valence-corrected chi connectivity index (χ2v) is 10.3. The largest absolute Gasteiger partial charge is 1.00 e. The zero-order valence-corrected chi connectivity index (χ0v) is 21.9. The van der Waals surface area contributed by atoms with Crippen LogP contribution >= 0.6 is 0 Å². The van der Waals surface area contributed by atoms with Gasteiger partial charge in [-0.25, -0.2) is 0 Å². The predicted molar refractivity (Wildman–Crippen MR) is 102 cm³/mol. The van der Waals surface area contributed by atoms with Crippen LogP contribution < -0.4 is 42.4 Å². The summed E-state index contributed by atoms with van der Waals surface area (Å²) in [6.07, 6.45) is 6.66. The second kappa shape index (κ2) is 13.6. The number of allylic oxidation sites excluding steroid dienone is 4. The molecule has 0 atom stereocenters. The topological polar surface area (TPSA) is 0 Å². The number of rotatable bonds is 7. The number of hydrogen-bond donors (Lipinski definition) is 0. The summed E-state index contributed by atoms with van der Waals surface area (Å²) >= 11 is 2.40. The Kier molecular flexibility index (Phi) is 15.1. The molecule has 1 aliphatic carbocycles. The van der Waals surface area contributed by atoms with E-state index in [0.717, 1.165) is 0 Å². The first-order valence-corrected chi connectivity index (χ1v) is 11.3. The minimum atomic E-state index is -0.311. The van der Waals surface area contributed by atoms with Crippen molar-refractivity contribution in [2.24, 2.45) is 5.92 Å². The molecule has 0 fully saturated rings. The molecule has 0 saturated carbocycles. The Morgan fingerprint density at radius 2 is 1.58 bits per heavy atom. The van der Waals surface area contributed by atoms with Crippen LogP contribution in [0.2, 0.25) is 0 Å². The van der Waals surface area contributed by atoms with Crippen LogP contribution in [0.5, 0.6) is 0 Å². The third-order valence-corrected chi connectivity index (χ3v) is 8.16. The fraction of sp³-hybridized carbons (Fsp3) is 0.524. The second-order valence-electron chi connectivity index (χ2n) is 7.46. The molecule has 0 nitrogen and oxygen atoms in total. The molecule has 0 amide bonds. The summed E-state index contributed by atoms with van der Waals surface area (Å²) < 4.78 is 1.65. The molecule has 1 aliphatic rings. The van der Waals surface area contributed by atoms with E-state index in [1.165, 1.54) is 43.2 Å². The molecule has 5 heteroatoms. The van der Waals surface area contributed by atoms with Crippen LogP contribution in [0.4, 0.5) is 0 Å². The zero-order chi connectivity index (χ0) is 17.0. The van der Waals surface area contributed by atoms with Crippen LogP contribution in [-0.2, 0) is 20.4 Å². The summed E-state index contributed by atoms with van der Waals surface area (Å²) in [5.74, 6) is 0.678. The number of hydrogen-bond acceptors (Lipinski definition) is 0. The maximum atomic E-state index is 2.42. The number of aryl methyl sites for hydroxylation is 2. The molecule has 1 aromatic carbocycles. The van der Waals surface area contributed by atoms with E-state index in [4.69, 9.17) is 0 Å². The fourth-order valence-electron chi connectivity index (χ4n) is 3.89. The smallest absolute Gasteiger partial charge is 1.00 e. The van der Waals surface area contributed by atoms with E-state index >= 15 is 0 Å². The van der Waals surface area contributed by atoms with E-state index in [0.29, 0.717) is 5.92 Å². The van der Waals surface area contributed by atoms with E-state index in [1.54, 1.807) is 25.4 Å². The summed E-state index contributed by atoms with van der Waals surface area (Å²) in [4.78, 5) is 0. The van der Waals surface area contributed by atoms with Crippen LogP contribution in [0.25, 0.3) is 0 Å². The standard InChI is InChI=1S/C21H31Si.3ClH.Ti/c1-6-7-8-9-18-13-20(14-21(18)15(2)3)22-19-11-16(4)10-17(5)12-19;;;;/h10-12,15H,6-9,13,22H2,1-5H3;3*1H;/q;;;;+3/p-3. The van der Waals surface area contributed by atoms with Crippen molar-refractivity contribution in [1.82, 2.24) is 0 Å². The quantitative estimate of drug-likeness (QED) is 0.283. The first kappa shape index (κ1) is 28.7. The van der Waals surface area contributed by atoms with E-state index in [2.05, 4.69) is 73.3 Å². The number of benzene rings is 1. The molecule has 0 aromatic heterocycles. The van der Waals surface area contributed by atoms with Crippen molar-refractivity contribution in [2.75, 3.05) is 0 Å². The molecular weight excluding hydrogens is 435 g/mol. The first-order valence-electron chi connectivity index (χ1n) is 9.15. The van der Waals surface area contributed by atoms with Gasteiger partial charge < -0.3 is 37.2 Å². The summed E-state index contributed by atoms with van der Waals surface area (Å²) in [5.41, 5.74) is 6.30. The minimum Gasteiger partial charge on any atom is -1.00 e. The summed E-state index contributed by atoms with van der Waals surface area (Å²) in [7, 11) is -0.311. The van der Waals surface area contributed by atoms with Gasteiger partial charge in [-0.3, -0.25) is 0 Å². The van der Waals surface area contributed by atoms with Crippen LogP contribution in [0.3, 0.4) is 0 Å². The fourth-order valence-corrected chi connectivity index (χ4v) is 7.30. The van der Waals surface area contributed by atoms with Gasteiger partial charge in [0.1, 0.15) is 0 Å². The van der Waals surface area contributed by atoms with Gasteiger partial charge >= 0.3 is 157 Å². The number of unbranched alkanes of at least 4 members (excludes halogenated alkanes) is 2. The van der Waals surface area contributed by atoms with E-state index in [1.807, 2.05) is 0 Å². The molecular formula is C21H31Cl3SiTi. The third kappa shape index (κ3) is 7.86. The predicted octanol–water partition coefficient (Wildman–Crippen LogP) is -4.20. The molecule has 0 unspecified atom stereocenters. The van der Waals surface area contributed by atoms with Gasteiger partial charge in [0, 0.05) is 0 Å². The monoisotopic (exact) mass is 464 g/mol. The maximum Gasteiger partial charge on any atom is -1.00 e. The Balaban J connectivity index is 0. The van der Waals surface area contributed by atoms with Crippen molar-refractivity contribution in [1.29, 1.82) is 0 Å². The van der Waals surface area contributed by atoms with E-state index in [-0.39, 0.29) is 46.7 Å². The van der Waals surface area contributed by atoms with Crippen molar-refractivity contribution in [2.45, 2.75) is 66.7 Å². The average molecular weight is 466 g/mol. The molecule has 144 valence electrons. The van der Waals surface area contributed by atoms with Crippen molar-refractivity contribution in [3.8, 4) is 0 Å². The third-order valence-electron chi connectivity index (χ3n) is 4.79. The summed E-state index contributed by atoms with van der Waals surface area (Å²) in [5, 5.41) is 3.42. The maximum absolute atomic E-state index is 2.42. The molecule has 2 rings (SSSR count). The van der Waals surface area contributed by atoms with Gasteiger partial charge in [-0.05, 0) is 0 Å².